The molecule has 152 valence electrons. The van der Waals surface area contributed by atoms with Gasteiger partial charge in [0.2, 0.25) is 0 Å². The molecule has 0 aliphatic heterocycles. The van der Waals surface area contributed by atoms with E-state index in [1.807, 2.05) is 0 Å². The molecule has 0 aliphatic carbocycles. The maximum Gasteiger partial charge on any atom is 0.503 e. The lowest BCUT2D eigenvalue weighted by atomic mass is 10.1. The van der Waals surface area contributed by atoms with Crippen LogP contribution in [-0.2, 0) is 13.3 Å². The molecule has 0 saturated heterocycles. The third kappa shape index (κ3) is 11.2. The van der Waals surface area contributed by atoms with Crippen molar-refractivity contribution in [2.75, 3.05) is 6.67 Å². The van der Waals surface area contributed by atoms with Crippen molar-refractivity contribution in [2.45, 2.75) is 104 Å². The molecule has 1 unspecified atom stereocenters. The average Bonchev–Trinajstić information content (AvgIpc) is 2.44. The highest BCUT2D eigenvalue weighted by Crippen LogP contribution is 2.32. The molecule has 0 spiro atoms. The van der Waals surface area contributed by atoms with Gasteiger partial charge in [-0.2, -0.15) is 0 Å². The molecular weight excluding hydrogens is 356 g/mol. The first kappa shape index (κ1) is 24.8. The molecule has 0 aromatic heterocycles. The Morgan fingerprint density at radius 3 is 1.68 bits per heavy atom. The van der Waals surface area contributed by atoms with Crippen LogP contribution >= 0.6 is 0 Å². The molecule has 0 aromatic carbocycles. The Bertz CT molecular complexity index is 332. The van der Waals surface area contributed by atoms with Gasteiger partial charge in [-0.1, -0.05) is 25.7 Å². The average molecular weight is 391 g/mol. The van der Waals surface area contributed by atoms with E-state index in [9.17, 15) is 17.6 Å². The van der Waals surface area contributed by atoms with Crippen molar-refractivity contribution in [3.05, 3.63) is 0 Å². The smallest absolute Gasteiger partial charge is 0.371 e. The molecule has 0 fully saturated rings. The van der Waals surface area contributed by atoms with Crippen LogP contribution < -0.4 is 0 Å². The van der Waals surface area contributed by atoms with Crippen LogP contribution in [0, 0.1) is 0 Å². The summed E-state index contributed by atoms with van der Waals surface area (Å²) in [6.45, 7) is 7.36. The molecule has 0 rings (SSSR count). The molecule has 0 aromatic rings. The van der Waals surface area contributed by atoms with Crippen molar-refractivity contribution in [3.8, 4) is 0 Å². The molecule has 1 atom stereocenters. The third-order valence-electron chi connectivity index (χ3n) is 3.44. The molecular formula is C17H34F4O3Si. The topological polar surface area (TPSA) is 27.7 Å². The molecule has 0 aliphatic rings. The zero-order chi connectivity index (χ0) is 19.5. The van der Waals surface area contributed by atoms with Crippen molar-refractivity contribution < 1.29 is 30.8 Å². The van der Waals surface area contributed by atoms with Gasteiger partial charge in [-0.25, -0.2) is 13.2 Å². The minimum atomic E-state index is -3.61. The maximum absolute atomic E-state index is 14.2. The van der Waals surface area contributed by atoms with Gasteiger partial charge in [0.05, 0.1) is 6.67 Å². The molecule has 0 bridgehead atoms. The molecule has 0 N–H and O–H groups in total. The summed E-state index contributed by atoms with van der Waals surface area (Å²) in [5.41, 5.74) is 0. The molecule has 25 heavy (non-hydrogen) atoms. The second-order valence-corrected chi connectivity index (χ2v) is 9.51. The summed E-state index contributed by atoms with van der Waals surface area (Å²) in [4.78, 5) is 0. The van der Waals surface area contributed by atoms with Crippen LogP contribution in [0.5, 0.6) is 0 Å². The van der Waals surface area contributed by atoms with E-state index < -0.39 is 21.1 Å². The predicted octanol–water partition coefficient (Wildman–Crippen LogP) is 6.05. The van der Waals surface area contributed by atoms with E-state index in [0.717, 1.165) is 25.7 Å². The summed E-state index contributed by atoms with van der Waals surface area (Å²) in [5.74, 6) is -3.11. The van der Waals surface area contributed by atoms with E-state index in [4.69, 9.17) is 13.3 Å². The molecule has 0 heterocycles. The predicted molar refractivity (Wildman–Crippen MR) is 93.3 cm³/mol. The molecule has 0 amide bonds. The third-order valence-corrected chi connectivity index (χ3v) is 6.78. The van der Waals surface area contributed by atoms with Crippen molar-refractivity contribution in [1.82, 2.24) is 0 Å². The van der Waals surface area contributed by atoms with E-state index >= 15 is 0 Å². The Hall–Kier alpha value is -0.183. The minimum Gasteiger partial charge on any atom is -0.371 e. The Labute approximate surface area is 150 Å². The van der Waals surface area contributed by atoms with Gasteiger partial charge in [-0.05, 0) is 47.5 Å². The number of halogens is 4. The maximum atomic E-state index is 14.2. The number of unbranched alkanes of at least 4 members (excludes halogenated alkanes) is 5. The zero-order valence-corrected chi connectivity index (χ0v) is 17.1. The number of alkyl halides is 4. The summed E-state index contributed by atoms with van der Waals surface area (Å²) < 4.78 is 68.8. The van der Waals surface area contributed by atoms with Crippen LogP contribution in [0.25, 0.3) is 0 Å². The SMILES string of the molecule is CC(C)O[Si](CCCCCCCCF)(OC(C)C)OC(C)(F)C(F)F. The number of hydrogen-bond acceptors (Lipinski definition) is 3. The number of hydrogen-bond donors (Lipinski definition) is 0. The quantitative estimate of drug-likeness (QED) is 0.193. The first-order valence-corrected chi connectivity index (χ1v) is 11.1. The Balaban J connectivity index is 4.89. The Morgan fingerprint density at radius 2 is 1.28 bits per heavy atom. The summed E-state index contributed by atoms with van der Waals surface area (Å²) in [7, 11) is -3.61. The second kappa shape index (κ2) is 12.2. The lowest BCUT2D eigenvalue weighted by Gasteiger charge is -2.37. The van der Waals surface area contributed by atoms with Crippen molar-refractivity contribution in [1.29, 1.82) is 0 Å². The Morgan fingerprint density at radius 1 is 0.840 bits per heavy atom. The van der Waals surface area contributed by atoms with Crippen LogP contribution in [0.2, 0.25) is 6.04 Å². The van der Waals surface area contributed by atoms with Crippen LogP contribution in [0.1, 0.15) is 73.1 Å². The van der Waals surface area contributed by atoms with Crippen LogP contribution in [0.4, 0.5) is 17.6 Å². The van der Waals surface area contributed by atoms with Gasteiger partial charge in [-0.15, -0.1) is 0 Å². The monoisotopic (exact) mass is 390 g/mol. The van der Waals surface area contributed by atoms with Gasteiger partial charge < -0.3 is 13.3 Å². The van der Waals surface area contributed by atoms with E-state index in [0.29, 0.717) is 19.8 Å². The fraction of sp³-hybridized carbons (Fsp3) is 1.00. The van der Waals surface area contributed by atoms with Crippen molar-refractivity contribution in [2.24, 2.45) is 0 Å². The first-order chi connectivity index (χ1) is 11.5. The van der Waals surface area contributed by atoms with Gasteiger partial charge in [0.15, 0.2) is 0 Å². The second-order valence-electron chi connectivity index (χ2n) is 6.97. The van der Waals surface area contributed by atoms with E-state index in [2.05, 4.69) is 0 Å². The van der Waals surface area contributed by atoms with Gasteiger partial charge in [0.25, 0.3) is 12.3 Å². The largest absolute Gasteiger partial charge is 0.503 e. The number of rotatable bonds is 15. The lowest BCUT2D eigenvalue weighted by molar-refractivity contribution is -0.188. The lowest BCUT2D eigenvalue weighted by Crippen LogP contribution is -2.55. The van der Waals surface area contributed by atoms with Crippen molar-refractivity contribution in [3.63, 3.8) is 0 Å². The molecule has 8 heteroatoms. The summed E-state index contributed by atoms with van der Waals surface area (Å²) in [6.07, 6.45) is 0.685. The normalized spacial score (nSPS) is 15.4. The summed E-state index contributed by atoms with van der Waals surface area (Å²) in [6, 6.07) is 0.276. The highest BCUT2D eigenvalue weighted by atomic mass is 28.4. The van der Waals surface area contributed by atoms with Crippen LogP contribution in [0.15, 0.2) is 0 Å². The van der Waals surface area contributed by atoms with Crippen LogP contribution in [-0.4, -0.2) is 40.0 Å². The standard InChI is InChI=1S/C17H34F4O3Si/c1-14(2)22-25(23-15(3)4,24-17(5,21)16(19)20)13-11-9-7-6-8-10-12-18/h14-16H,6-13H2,1-5H3. The van der Waals surface area contributed by atoms with Crippen molar-refractivity contribution >= 4 is 8.80 Å². The minimum absolute atomic E-state index is 0.276. The van der Waals surface area contributed by atoms with E-state index in [-0.39, 0.29) is 24.9 Å². The molecule has 3 nitrogen and oxygen atoms in total. The van der Waals surface area contributed by atoms with Gasteiger partial charge in [0.1, 0.15) is 0 Å². The fourth-order valence-electron chi connectivity index (χ4n) is 2.45. The first-order valence-electron chi connectivity index (χ1n) is 9.13. The van der Waals surface area contributed by atoms with Crippen LogP contribution in [0.3, 0.4) is 0 Å². The summed E-state index contributed by atoms with van der Waals surface area (Å²) in [5, 5.41) is 0. The molecule has 0 radical (unpaired) electrons. The van der Waals surface area contributed by atoms with Gasteiger partial charge in [0, 0.05) is 18.3 Å². The summed E-state index contributed by atoms with van der Waals surface area (Å²) >= 11 is 0. The molecule has 0 saturated carbocycles. The van der Waals surface area contributed by atoms with E-state index in [1.165, 1.54) is 0 Å². The van der Waals surface area contributed by atoms with Gasteiger partial charge >= 0.3 is 8.80 Å². The highest BCUT2D eigenvalue weighted by molar-refractivity contribution is 6.60. The Kier molecular flexibility index (Phi) is 12.2. The zero-order valence-electron chi connectivity index (χ0n) is 16.1. The fourth-order valence-corrected chi connectivity index (χ4v) is 5.76. The highest BCUT2D eigenvalue weighted by Gasteiger charge is 2.52. The van der Waals surface area contributed by atoms with Gasteiger partial charge in [-0.3, -0.25) is 4.39 Å². The van der Waals surface area contributed by atoms with E-state index in [1.54, 1.807) is 27.7 Å².